The van der Waals surface area contributed by atoms with Gasteiger partial charge in [0, 0.05) is 6.54 Å². The molecule has 0 fully saturated rings. The lowest BCUT2D eigenvalue weighted by molar-refractivity contribution is -0.135. The molecule has 5 nitrogen and oxygen atoms in total. The molecule has 0 aromatic heterocycles. The minimum atomic E-state index is -0.625. The zero-order valence-corrected chi connectivity index (χ0v) is 16.7. The summed E-state index contributed by atoms with van der Waals surface area (Å²) in [4.78, 5) is 26.3. The predicted molar refractivity (Wildman–Crippen MR) is 103 cm³/mol. The topological polar surface area (TPSA) is 75.4 Å². The van der Waals surface area contributed by atoms with Gasteiger partial charge in [-0.3, -0.25) is 9.59 Å². The standard InChI is InChI=1S/C18H27Cl2N3O2/c1-5-8-23(12(4)13-6-7-14(19)15(20)9-13)16(24)10-22-18(25)17(21)11(2)3/h6-7,9,11-12,17H,5,8,10,21H2,1-4H3,(H,22,25)/t12?,17-/m0/s1. The van der Waals surface area contributed by atoms with E-state index in [0.29, 0.717) is 16.6 Å². The van der Waals surface area contributed by atoms with Gasteiger partial charge in [-0.15, -0.1) is 0 Å². The van der Waals surface area contributed by atoms with Gasteiger partial charge in [0.2, 0.25) is 11.8 Å². The number of nitrogens with zero attached hydrogens (tertiary/aromatic N) is 1. The molecule has 0 spiro atoms. The van der Waals surface area contributed by atoms with Crippen LogP contribution in [0.3, 0.4) is 0 Å². The van der Waals surface area contributed by atoms with E-state index < -0.39 is 6.04 Å². The molecule has 7 heteroatoms. The molecular formula is C18H27Cl2N3O2. The zero-order valence-electron chi connectivity index (χ0n) is 15.2. The SMILES string of the molecule is CCCN(C(=O)CNC(=O)[C@@H](N)C(C)C)C(C)c1ccc(Cl)c(Cl)c1. The van der Waals surface area contributed by atoms with Gasteiger partial charge in [0.1, 0.15) is 0 Å². The molecule has 0 aliphatic carbocycles. The van der Waals surface area contributed by atoms with E-state index in [0.717, 1.165) is 12.0 Å². The van der Waals surface area contributed by atoms with Crippen molar-refractivity contribution in [1.29, 1.82) is 0 Å². The van der Waals surface area contributed by atoms with E-state index in [1.54, 1.807) is 17.0 Å². The second-order valence-corrected chi connectivity index (χ2v) is 7.24. The van der Waals surface area contributed by atoms with E-state index in [1.807, 2.05) is 33.8 Å². The van der Waals surface area contributed by atoms with E-state index in [9.17, 15) is 9.59 Å². The second-order valence-electron chi connectivity index (χ2n) is 6.42. The summed E-state index contributed by atoms with van der Waals surface area (Å²) in [5, 5.41) is 3.55. The molecule has 25 heavy (non-hydrogen) atoms. The number of benzene rings is 1. The van der Waals surface area contributed by atoms with Crippen LogP contribution < -0.4 is 11.1 Å². The number of amides is 2. The number of nitrogens with one attached hydrogen (secondary N) is 1. The number of rotatable bonds is 8. The highest BCUT2D eigenvalue weighted by Gasteiger charge is 2.23. The van der Waals surface area contributed by atoms with Gasteiger partial charge in [0.05, 0.1) is 28.7 Å². The molecule has 2 amide bonds. The summed E-state index contributed by atoms with van der Waals surface area (Å²) in [6.45, 7) is 8.14. The average Bonchev–Trinajstić information content (AvgIpc) is 2.58. The van der Waals surface area contributed by atoms with Crippen molar-refractivity contribution in [3.63, 3.8) is 0 Å². The van der Waals surface area contributed by atoms with Crippen molar-refractivity contribution in [3.8, 4) is 0 Å². The van der Waals surface area contributed by atoms with Gasteiger partial charge < -0.3 is 16.0 Å². The Labute approximate surface area is 159 Å². The Balaban J connectivity index is 2.82. The van der Waals surface area contributed by atoms with E-state index in [4.69, 9.17) is 28.9 Å². The lowest BCUT2D eigenvalue weighted by Crippen LogP contribution is -2.48. The summed E-state index contributed by atoms with van der Waals surface area (Å²) in [6.07, 6.45) is 0.802. The highest BCUT2D eigenvalue weighted by Crippen LogP contribution is 2.28. The van der Waals surface area contributed by atoms with Gasteiger partial charge >= 0.3 is 0 Å². The smallest absolute Gasteiger partial charge is 0.242 e. The van der Waals surface area contributed by atoms with Crippen molar-refractivity contribution < 1.29 is 9.59 Å². The van der Waals surface area contributed by atoms with Crippen LogP contribution in [0, 0.1) is 5.92 Å². The van der Waals surface area contributed by atoms with Crippen molar-refractivity contribution in [2.75, 3.05) is 13.1 Å². The third-order valence-electron chi connectivity index (χ3n) is 4.11. The molecule has 0 bridgehead atoms. The lowest BCUT2D eigenvalue weighted by Gasteiger charge is -2.30. The summed E-state index contributed by atoms with van der Waals surface area (Å²) in [5.41, 5.74) is 6.69. The molecule has 0 saturated heterocycles. The highest BCUT2D eigenvalue weighted by atomic mass is 35.5. The minimum Gasteiger partial charge on any atom is -0.346 e. The Morgan fingerprint density at radius 1 is 1.20 bits per heavy atom. The summed E-state index contributed by atoms with van der Waals surface area (Å²) in [6, 6.07) is 4.52. The fraction of sp³-hybridized carbons (Fsp3) is 0.556. The van der Waals surface area contributed by atoms with Crippen LogP contribution in [0.25, 0.3) is 0 Å². The van der Waals surface area contributed by atoms with E-state index in [2.05, 4.69) is 5.32 Å². The average molecular weight is 388 g/mol. The molecule has 2 atom stereocenters. The first kappa shape index (κ1) is 21.7. The molecule has 1 aromatic carbocycles. The monoisotopic (exact) mass is 387 g/mol. The number of carbonyl (C=O) groups is 2. The Bertz CT molecular complexity index is 608. The molecule has 140 valence electrons. The van der Waals surface area contributed by atoms with Crippen molar-refractivity contribution in [2.45, 2.75) is 46.2 Å². The predicted octanol–water partition coefficient (Wildman–Crippen LogP) is 3.39. The molecule has 1 unspecified atom stereocenters. The van der Waals surface area contributed by atoms with Gasteiger partial charge in [0.25, 0.3) is 0 Å². The third-order valence-corrected chi connectivity index (χ3v) is 4.85. The van der Waals surface area contributed by atoms with Crippen LogP contribution in [0.4, 0.5) is 0 Å². The summed E-state index contributed by atoms with van der Waals surface area (Å²) >= 11 is 12.0. The van der Waals surface area contributed by atoms with E-state index in [1.165, 1.54) is 0 Å². The van der Waals surface area contributed by atoms with E-state index in [-0.39, 0.29) is 30.3 Å². The second kappa shape index (κ2) is 10.00. The Morgan fingerprint density at radius 3 is 2.36 bits per heavy atom. The van der Waals surface area contributed by atoms with Crippen molar-refractivity contribution in [3.05, 3.63) is 33.8 Å². The summed E-state index contributed by atoms with van der Waals surface area (Å²) in [5.74, 6) is -0.469. The third kappa shape index (κ3) is 6.17. The van der Waals surface area contributed by atoms with Crippen molar-refractivity contribution >= 4 is 35.0 Å². The Morgan fingerprint density at radius 2 is 1.84 bits per heavy atom. The molecule has 0 aliphatic heterocycles. The van der Waals surface area contributed by atoms with Gasteiger partial charge in [-0.2, -0.15) is 0 Å². The molecule has 1 aromatic rings. The van der Waals surface area contributed by atoms with Gasteiger partial charge in [-0.05, 0) is 37.0 Å². The highest BCUT2D eigenvalue weighted by molar-refractivity contribution is 6.42. The molecule has 1 rings (SSSR count). The Hall–Kier alpha value is -1.30. The number of hydrogen-bond acceptors (Lipinski definition) is 3. The van der Waals surface area contributed by atoms with Crippen LogP contribution in [-0.4, -0.2) is 35.8 Å². The van der Waals surface area contributed by atoms with Crippen molar-refractivity contribution in [1.82, 2.24) is 10.2 Å². The van der Waals surface area contributed by atoms with Crippen LogP contribution in [0.2, 0.25) is 10.0 Å². The van der Waals surface area contributed by atoms with Gasteiger partial charge in [-0.1, -0.05) is 50.0 Å². The summed E-state index contributed by atoms with van der Waals surface area (Å²) in [7, 11) is 0. The fourth-order valence-electron chi connectivity index (χ4n) is 2.41. The maximum Gasteiger partial charge on any atom is 0.242 e. The quantitative estimate of drug-likeness (QED) is 0.717. The molecule has 0 aliphatic rings. The van der Waals surface area contributed by atoms with Gasteiger partial charge in [-0.25, -0.2) is 0 Å². The molecule has 0 radical (unpaired) electrons. The number of hydrogen-bond donors (Lipinski definition) is 2. The fourth-order valence-corrected chi connectivity index (χ4v) is 2.72. The molecule has 0 heterocycles. The normalized spacial score (nSPS) is 13.4. The van der Waals surface area contributed by atoms with Crippen LogP contribution >= 0.6 is 23.2 Å². The zero-order chi connectivity index (χ0) is 19.1. The largest absolute Gasteiger partial charge is 0.346 e. The summed E-state index contributed by atoms with van der Waals surface area (Å²) < 4.78 is 0. The maximum atomic E-state index is 12.6. The van der Waals surface area contributed by atoms with Crippen LogP contribution in [-0.2, 0) is 9.59 Å². The first-order chi connectivity index (χ1) is 11.7. The number of carbonyl (C=O) groups excluding carboxylic acids is 2. The first-order valence-electron chi connectivity index (χ1n) is 8.46. The first-order valence-corrected chi connectivity index (χ1v) is 9.22. The van der Waals surface area contributed by atoms with Gasteiger partial charge in [0.15, 0.2) is 0 Å². The van der Waals surface area contributed by atoms with Crippen LogP contribution in [0.5, 0.6) is 0 Å². The van der Waals surface area contributed by atoms with Crippen molar-refractivity contribution in [2.24, 2.45) is 11.7 Å². The van der Waals surface area contributed by atoms with E-state index >= 15 is 0 Å². The van der Waals surface area contributed by atoms with Crippen LogP contribution in [0.1, 0.15) is 45.7 Å². The minimum absolute atomic E-state index is 0.0111. The molecular weight excluding hydrogens is 361 g/mol. The number of nitrogens with two attached hydrogens (primary N) is 1. The maximum absolute atomic E-state index is 12.6. The molecule has 3 N–H and O–H groups in total. The van der Waals surface area contributed by atoms with Crippen LogP contribution in [0.15, 0.2) is 18.2 Å². The Kier molecular flexibility index (Phi) is 8.69. The number of halogens is 2. The lowest BCUT2D eigenvalue weighted by atomic mass is 10.0. The molecule has 0 saturated carbocycles.